The Hall–Kier alpha value is -1.07. The quantitative estimate of drug-likeness (QED) is 0.890. The van der Waals surface area contributed by atoms with Gasteiger partial charge in [-0.2, -0.15) is 5.10 Å². The fraction of sp³-hybridized carbons (Fsp3) is 0.714. The first-order chi connectivity index (χ1) is 9.22. The summed E-state index contributed by atoms with van der Waals surface area (Å²) >= 11 is 0. The van der Waals surface area contributed by atoms with Crippen molar-refractivity contribution in [2.24, 2.45) is 5.92 Å². The van der Waals surface area contributed by atoms with E-state index in [2.05, 4.69) is 15.5 Å². The number of aromatic amines is 1. The third kappa shape index (κ3) is 3.73. The summed E-state index contributed by atoms with van der Waals surface area (Å²) in [5, 5.41) is 10.5. The summed E-state index contributed by atoms with van der Waals surface area (Å²) in [4.78, 5) is 14.1. The van der Waals surface area contributed by atoms with Gasteiger partial charge in [-0.1, -0.05) is 0 Å². The van der Waals surface area contributed by atoms with Gasteiger partial charge in [0.2, 0.25) is 0 Å². The topological polar surface area (TPSA) is 61.0 Å². The van der Waals surface area contributed by atoms with Gasteiger partial charge in [0.1, 0.15) is 5.69 Å². The molecule has 2 fully saturated rings. The van der Waals surface area contributed by atoms with Crippen molar-refractivity contribution in [3.63, 3.8) is 0 Å². The van der Waals surface area contributed by atoms with Crippen LogP contribution in [0, 0.1) is 12.8 Å². The molecule has 2 heterocycles. The maximum atomic E-state index is 12.2. The number of aryl methyl sites for hydroxylation is 1. The van der Waals surface area contributed by atoms with Gasteiger partial charge in [-0.05, 0) is 51.1 Å². The average Bonchev–Trinajstić information content (AvgIpc) is 3.17. The second kappa shape index (κ2) is 6.59. The second-order valence-corrected chi connectivity index (χ2v) is 5.85. The molecule has 1 aromatic heterocycles. The molecule has 1 saturated heterocycles. The van der Waals surface area contributed by atoms with E-state index in [9.17, 15) is 4.79 Å². The Kier molecular flexibility index (Phi) is 5.05. The zero-order valence-electron chi connectivity index (χ0n) is 11.9. The minimum absolute atomic E-state index is 0. The summed E-state index contributed by atoms with van der Waals surface area (Å²) in [6, 6.07) is 2.41. The van der Waals surface area contributed by atoms with E-state index >= 15 is 0 Å². The van der Waals surface area contributed by atoms with Gasteiger partial charge in [0.05, 0.1) is 0 Å². The lowest BCUT2D eigenvalue weighted by Crippen LogP contribution is -2.45. The molecule has 1 aliphatic heterocycles. The largest absolute Gasteiger partial charge is 0.337 e. The predicted octanol–water partition coefficient (Wildman–Crippen LogP) is 1.74. The van der Waals surface area contributed by atoms with Crippen LogP contribution in [0.1, 0.15) is 41.9 Å². The molecule has 1 saturated carbocycles. The summed E-state index contributed by atoms with van der Waals surface area (Å²) in [6.07, 6.45) is 4.90. The minimum atomic E-state index is 0. The number of rotatable bonds is 4. The third-order valence-electron chi connectivity index (χ3n) is 4.10. The maximum Gasteiger partial charge on any atom is 0.274 e. The molecular formula is C14H23ClN4O. The van der Waals surface area contributed by atoms with Gasteiger partial charge >= 0.3 is 0 Å². The molecule has 0 bridgehead atoms. The van der Waals surface area contributed by atoms with E-state index in [-0.39, 0.29) is 18.3 Å². The van der Waals surface area contributed by atoms with E-state index in [0.717, 1.165) is 44.1 Å². The van der Waals surface area contributed by atoms with Crippen LogP contribution >= 0.6 is 12.4 Å². The molecule has 5 nitrogen and oxygen atoms in total. The highest BCUT2D eigenvalue weighted by Gasteiger charge is 2.26. The number of halogens is 1. The lowest BCUT2D eigenvalue weighted by molar-refractivity contribution is 0.0699. The summed E-state index contributed by atoms with van der Waals surface area (Å²) < 4.78 is 0. The molecular weight excluding hydrogens is 276 g/mol. The zero-order chi connectivity index (χ0) is 13.2. The predicted molar refractivity (Wildman–Crippen MR) is 80.2 cm³/mol. The fourth-order valence-electron chi connectivity index (χ4n) is 2.63. The van der Waals surface area contributed by atoms with Gasteiger partial charge < -0.3 is 10.2 Å². The number of amides is 1. The summed E-state index contributed by atoms with van der Waals surface area (Å²) in [6.45, 7) is 4.76. The molecule has 2 aliphatic rings. The minimum Gasteiger partial charge on any atom is -0.337 e. The van der Waals surface area contributed by atoms with Gasteiger partial charge in [-0.3, -0.25) is 9.89 Å². The van der Waals surface area contributed by atoms with Crippen LogP contribution in [0.3, 0.4) is 0 Å². The van der Waals surface area contributed by atoms with Crippen molar-refractivity contribution in [2.45, 2.75) is 38.6 Å². The van der Waals surface area contributed by atoms with E-state index in [1.807, 2.05) is 17.9 Å². The Morgan fingerprint density at radius 3 is 2.65 bits per heavy atom. The average molecular weight is 299 g/mol. The van der Waals surface area contributed by atoms with Crippen molar-refractivity contribution in [3.8, 4) is 0 Å². The second-order valence-electron chi connectivity index (χ2n) is 5.85. The van der Waals surface area contributed by atoms with Crippen LogP contribution in [0.5, 0.6) is 0 Å². The summed E-state index contributed by atoms with van der Waals surface area (Å²) in [5.74, 6) is 0.983. The molecule has 1 aromatic rings. The number of piperidine rings is 1. The monoisotopic (exact) mass is 298 g/mol. The number of H-pyrrole nitrogens is 1. The SMILES string of the molecule is Cc1cc(C(=O)N2CCC(NCC3CC3)CC2)n[nH]1.Cl. The fourth-order valence-corrected chi connectivity index (χ4v) is 2.63. The number of nitrogens with one attached hydrogen (secondary N) is 2. The third-order valence-corrected chi connectivity index (χ3v) is 4.10. The number of aromatic nitrogens is 2. The smallest absolute Gasteiger partial charge is 0.274 e. The standard InChI is InChI=1S/C14H22N4O.ClH/c1-10-8-13(17-16-10)14(19)18-6-4-12(5-7-18)15-9-11-2-3-11;/h8,11-12,15H,2-7,9H2,1H3,(H,16,17);1H. The Labute approximate surface area is 125 Å². The molecule has 1 aliphatic carbocycles. The molecule has 3 rings (SSSR count). The molecule has 20 heavy (non-hydrogen) atoms. The molecule has 6 heteroatoms. The highest BCUT2D eigenvalue weighted by molar-refractivity contribution is 5.92. The Morgan fingerprint density at radius 1 is 1.40 bits per heavy atom. The van der Waals surface area contributed by atoms with E-state index in [0.29, 0.717) is 11.7 Å². The van der Waals surface area contributed by atoms with Gasteiger partial charge in [0, 0.05) is 24.8 Å². The first kappa shape index (κ1) is 15.3. The first-order valence-corrected chi connectivity index (χ1v) is 7.27. The van der Waals surface area contributed by atoms with Crippen LogP contribution in [-0.4, -0.2) is 46.7 Å². The Bertz CT molecular complexity index is 450. The number of likely N-dealkylation sites (tertiary alicyclic amines) is 1. The molecule has 0 atom stereocenters. The molecule has 0 aromatic carbocycles. The van der Waals surface area contributed by atoms with E-state index in [4.69, 9.17) is 0 Å². The van der Waals surface area contributed by atoms with Crippen molar-refractivity contribution in [3.05, 3.63) is 17.5 Å². The highest BCUT2D eigenvalue weighted by atomic mass is 35.5. The van der Waals surface area contributed by atoms with Gasteiger partial charge in [-0.15, -0.1) is 12.4 Å². The summed E-state index contributed by atoms with van der Waals surface area (Å²) in [5.41, 5.74) is 1.48. The number of hydrogen-bond donors (Lipinski definition) is 2. The molecule has 1 amide bonds. The van der Waals surface area contributed by atoms with Gasteiger partial charge in [-0.25, -0.2) is 0 Å². The molecule has 2 N–H and O–H groups in total. The van der Waals surface area contributed by atoms with Crippen molar-refractivity contribution in [1.29, 1.82) is 0 Å². The van der Waals surface area contributed by atoms with Crippen LogP contribution in [0.4, 0.5) is 0 Å². The van der Waals surface area contributed by atoms with Gasteiger partial charge in [0.25, 0.3) is 5.91 Å². The highest BCUT2D eigenvalue weighted by Crippen LogP contribution is 2.28. The maximum absolute atomic E-state index is 12.2. The lowest BCUT2D eigenvalue weighted by Gasteiger charge is -2.32. The number of hydrogen-bond acceptors (Lipinski definition) is 3. The van der Waals surface area contributed by atoms with Crippen LogP contribution in [0.2, 0.25) is 0 Å². The van der Waals surface area contributed by atoms with Crippen LogP contribution in [0.25, 0.3) is 0 Å². The molecule has 0 unspecified atom stereocenters. The lowest BCUT2D eigenvalue weighted by atomic mass is 10.0. The Morgan fingerprint density at radius 2 is 2.10 bits per heavy atom. The van der Waals surface area contributed by atoms with E-state index in [1.165, 1.54) is 12.8 Å². The van der Waals surface area contributed by atoms with Crippen molar-refractivity contribution in [2.75, 3.05) is 19.6 Å². The van der Waals surface area contributed by atoms with Crippen molar-refractivity contribution < 1.29 is 4.79 Å². The Balaban J connectivity index is 0.00000147. The van der Waals surface area contributed by atoms with Crippen LogP contribution in [-0.2, 0) is 0 Å². The van der Waals surface area contributed by atoms with E-state index in [1.54, 1.807) is 0 Å². The normalized spacial score (nSPS) is 19.8. The number of carbonyl (C=O) groups excluding carboxylic acids is 1. The van der Waals surface area contributed by atoms with Crippen LogP contribution < -0.4 is 5.32 Å². The van der Waals surface area contributed by atoms with Crippen LogP contribution in [0.15, 0.2) is 6.07 Å². The molecule has 0 radical (unpaired) electrons. The van der Waals surface area contributed by atoms with Gasteiger partial charge in [0.15, 0.2) is 0 Å². The number of carbonyl (C=O) groups is 1. The van der Waals surface area contributed by atoms with E-state index < -0.39 is 0 Å². The van der Waals surface area contributed by atoms with Crippen molar-refractivity contribution in [1.82, 2.24) is 20.4 Å². The molecule has 0 spiro atoms. The zero-order valence-corrected chi connectivity index (χ0v) is 12.7. The first-order valence-electron chi connectivity index (χ1n) is 7.27. The molecule has 112 valence electrons. The van der Waals surface area contributed by atoms with Crippen molar-refractivity contribution >= 4 is 18.3 Å². The summed E-state index contributed by atoms with van der Waals surface area (Å²) in [7, 11) is 0. The number of nitrogens with zero attached hydrogens (tertiary/aromatic N) is 2.